The number of rotatable bonds is 7. The number of benzene rings is 2. The minimum Gasteiger partial charge on any atom is -0.484 e. The smallest absolute Gasteiger partial charge is 0.255 e. The molecule has 0 spiro atoms. The summed E-state index contributed by atoms with van der Waals surface area (Å²) in [6, 6.07) is 10.1. The third-order valence-corrected chi connectivity index (χ3v) is 3.32. The van der Waals surface area contributed by atoms with Gasteiger partial charge in [0.1, 0.15) is 17.4 Å². The van der Waals surface area contributed by atoms with E-state index in [0.29, 0.717) is 17.7 Å². The normalized spacial score (nSPS) is 11.8. The highest BCUT2D eigenvalue weighted by Gasteiger charge is 2.14. The van der Waals surface area contributed by atoms with Crippen LogP contribution in [-0.4, -0.2) is 12.5 Å². The van der Waals surface area contributed by atoms with Crippen molar-refractivity contribution >= 4 is 11.6 Å². The minimum absolute atomic E-state index is 0.189. The fourth-order valence-electron chi connectivity index (χ4n) is 2.19. The van der Waals surface area contributed by atoms with Crippen molar-refractivity contribution in [2.24, 2.45) is 5.73 Å². The van der Waals surface area contributed by atoms with E-state index in [1.807, 2.05) is 6.92 Å². The highest BCUT2D eigenvalue weighted by Crippen LogP contribution is 2.26. The lowest BCUT2D eigenvalue weighted by Crippen LogP contribution is -2.20. The monoisotopic (exact) mass is 320 g/mol. The second-order valence-electron chi connectivity index (χ2n) is 5.05. The Morgan fingerprint density at radius 2 is 1.91 bits per heavy atom. The number of nitrogens with one attached hydrogen (secondary N) is 1. The van der Waals surface area contributed by atoms with Crippen molar-refractivity contribution < 1.29 is 18.3 Å². The van der Waals surface area contributed by atoms with Crippen molar-refractivity contribution in [2.75, 3.05) is 11.9 Å². The van der Waals surface area contributed by atoms with E-state index in [2.05, 4.69) is 5.32 Å². The second kappa shape index (κ2) is 7.58. The Bertz CT molecular complexity index is 675. The number of halogens is 2. The van der Waals surface area contributed by atoms with Crippen LogP contribution in [0.25, 0.3) is 0 Å². The highest BCUT2D eigenvalue weighted by atomic mass is 19.1. The molecule has 23 heavy (non-hydrogen) atoms. The third-order valence-electron chi connectivity index (χ3n) is 3.32. The minimum atomic E-state index is -0.600. The summed E-state index contributed by atoms with van der Waals surface area (Å²) in [7, 11) is 0. The second-order valence-corrected chi connectivity index (χ2v) is 5.05. The largest absolute Gasteiger partial charge is 0.484 e. The molecular formula is C17H18F2N2O2. The maximum absolute atomic E-state index is 13.9. The summed E-state index contributed by atoms with van der Waals surface area (Å²) in [5, 5.41) is 3.19. The summed E-state index contributed by atoms with van der Waals surface area (Å²) < 4.78 is 32.1. The van der Waals surface area contributed by atoms with Gasteiger partial charge >= 0.3 is 0 Å². The van der Waals surface area contributed by atoms with Gasteiger partial charge in [-0.25, -0.2) is 8.78 Å². The maximum Gasteiger partial charge on any atom is 0.255 e. The van der Waals surface area contributed by atoms with Gasteiger partial charge in [0.25, 0.3) is 5.91 Å². The van der Waals surface area contributed by atoms with E-state index >= 15 is 0 Å². The van der Waals surface area contributed by atoms with Crippen molar-refractivity contribution in [1.82, 2.24) is 0 Å². The molecule has 0 aromatic heterocycles. The first-order chi connectivity index (χ1) is 11.0. The fraction of sp³-hybridized carbons (Fsp3) is 0.235. The van der Waals surface area contributed by atoms with Crippen LogP contribution in [0.3, 0.4) is 0 Å². The average Bonchev–Trinajstić information content (AvgIpc) is 2.52. The molecule has 122 valence electrons. The van der Waals surface area contributed by atoms with Gasteiger partial charge < -0.3 is 15.8 Å². The van der Waals surface area contributed by atoms with Gasteiger partial charge in [0.15, 0.2) is 6.61 Å². The first kappa shape index (κ1) is 16.7. The average molecular weight is 320 g/mol. The number of ether oxygens (including phenoxy) is 1. The molecule has 0 aliphatic rings. The lowest BCUT2D eigenvalue weighted by molar-refractivity contribution is -0.119. The quantitative estimate of drug-likeness (QED) is 0.822. The van der Waals surface area contributed by atoms with Gasteiger partial charge in [-0.15, -0.1) is 0 Å². The van der Waals surface area contributed by atoms with Gasteiger partial charge in [-0.2, -0.15) is 0 Å². The topological polar surface area (TPSA) is 64.3 Å². The maximum atomic E-state index is 13.9. The van der Waals surface area contributed by atoms with Gasteiger partial charge in [0.05, 0.1) is 6.04 Å². The molecule has 0 aliphatic heterocycles. The van der Waals surface area contributed by atoms with Crippen molar-refractivity contribution in [2.45, 2.75) is 19.4 Å². The Labute approximate surface area is 133 Å². The SMILES string of the molecule is CC[C@@H](Nc1ccc(OCC(N)=O)cc1)c1ccc(F)cc1F. The first-order valence-corrected chi connectivity index (χ1v) is 7.22. The molecule has 2 aromatic rings. The van der Waals surface area contributed by atoms with Crippen LogP contribution < -0.4 is 15.8 Å². The summed E-state index contributed by atoms with van der Waals surface area (Å²) in [6.45, 7) is 1.72. The predicted octanol–water partition coefficient (Wildman–Crippen LogP) is 3.39. The van der Waals surface area contributed by atoms with Gasteiger partial charge in [-0.05, 0) is 36.8 Å². The molecule has 2 aromatic carbocycles. The number of carbonyl (C=O) groups is 1. The van der Waals surface area contributed by atoms with Gasteiger partial charge in [0, 0.05) is 17.3 Å². The van der Waals surface area contributed by atoms with E-state index in [4.69, 9.17) is 10.5 Å². The number of primary amides is 1. The summed E-state index contributed by atoms with van der Waals surface area (Å²) >= 11 is 0. The Morgan fingerprint density at radius 1 is 1.22 bits per heavy atom. The zero-order chi connectivity index (χ0) is 16.8. The molecule has 0 saturated heterocycles. The Morgan fingerprint density at radius 3 is 2.48 bits per heavy atom. The lowest BCUT2D eigenvalue weighted by Gasteiger charge is -2.19. The van der Waals surface area contributed by atoms with Crippen LogP contribution in [0.15, 0.2) is 42.5 Å². The van der Waals surface area contributed by atoms with Crippen LogP contribution >= 0.6 is 0 Å². The zero-order valence-electron chi connectivity index (χ0n) is 12.7. The molecule has 0 bridgehead atoms. The van der Waals surface area contributed by atoms with E-state index in [-0.39, 0.29) is 12.6 Å². The molecular weight excluding hydrogens is 302 g/mol. The summed E-state index contributed by atoms with van der Waals surface area (Å²) in [5.41, 5.74) is 6.17. The molecule has 0 aliphatic carbocycles. The Kier molecular flexibility index (Phi) is 5.51. The number of anilines is 1. The van der Waals surface area contributed by atoms with E-state index in [1.54, 1.807) is 24.3 Å². The molecule has 0 unspecified atom stereocenters. The van der Waals surface area contributed by atoms with E-state index < -0.39 is 17.5 Å². The van der Waals surface area contributed by atoms with Crippen molar-refractivity contribution in [1.29, 1.82) is 0 Å². The van der Waals surface area contributed by atoms with Crippen molar-refractivity contribution in [3.05, 3.63) is 59.7 Å². The molecule has 0 heterocycles. The Hall–Kier alpha value is -2.63. The number of amides is 1. The molecule has 0 saturated carbocycles. The summed E-state index contributed by atoms with van der Waals surface area (Å²) in [5.74, 6) is -1.22. The van der Waals surface area contributed by atoms with Gasteiger partial charge in [0.2, 0.25) is 0 Å². The molecule has 4 nitrogen and oxygen atoms in total. The first-order valence-electron chi connectivity index (χ1n) is 7.22. The van der Waals surface area contributed by atoms with Crippen LogP contribution in [0.4, 0.5) is 14.5 Å². The molecule has 1 amide bonds. The molecule has 0 fully saturated rings. The predicted molar refractivity (Wildman–Crippen MR) is 84.1 cm³/mol. The number of carbonyl (C=O) groups excluding carboxylic acids is 1. The van der Waals surface area contributed by atoms with Gasteiger partial charge in [-0.3, -0.25) is 4.79 Å². The van der Waals surface area contributed by atoms with Crippen LogP contribution in [-0.2, 0) is 4.79 Å². The summed E-state index contributed by atoms with van der Waals surface area (Å²) in [4.78, 5) is 10.7. The van der Waals surface area contributed by atoms with Crippen LogP contribution in [0.1, 0.15) is 24.9 Å². The number of nitrogens with two attached hydrogens (primary N) is 1. The summed E-state index contributed by atoms with van der Waals surface area (Å²) in [6.07, 6.45) is 0.627. The van der Waals surface area contributed by atoms with Crippen LogP contribution in [0.5, 0.6) is 5.75 Å². The molecule has 3 N–H and O–H groups in total. The third kappa shape index (κ3) is 4.67. The zero-order valence-corrected chi connectivity index (χ0v) is 12.7. The van der Waals surface area contributed by atoms with Gasteiger partial charge in [-0.1, -0.05) is 13.0 Å². The van der Waals surface area contributed by atoms with Crippen molar-refractivity contribution in [3.8, 4) is 5.75 Å². The molecule has 6 heteroatoms. The molecule has 0 radical (unpaired) electrons. The number of hydrogen-bond acceptors (Lipinski definition) is 3. The van der Waals surface area contributed by atoms with E-state index in [1.165, 1.54) is 12.1 Å². The standard InChI is InChI=1S/C17H18F2N2O2/c1-2-16(14-8-3-11(18)9-15(14)19)21-12-4-6-13(7-5-12)23-10-17(20)22/h3-9,16,21H,2,10H2,1H3,(H2,20,22)/t16-/m1/s1. The number of hydrogen-bond donors (Lipinski definition) is 2. The van der Waals surface area contributed by atoms with Crippen LogP contribution in [0.2, 0.25) is 0 Å². The Balaban J connectivity index is 2.08. The fourth-order valence-corrected chi connectivity index (χ4v) is 2.19. The molecule has 1 atom stereocenters. The van der Waals surface area contributed by atoms with Crippen LogP contribution in [0, 0.1) is 11.6 Å². The lowest BCUT2D eigenvalue weighted by atomic mass is 10.0. The van der Waals surface area contributed by atoms with E-state index in [0.717, 1.165) is 11.8 Å². The van der Waals surface area contributed by atoms with E-state index in [9.17, 15) is 13.6 Å². The highest BCUT2D eigenvalue weighted by molar-refractivity contribution is 5.75. The molecule has 2 rings (SSSR count). The van der Waals surface area contributed by atoms with Crippen molar-refractivity contribution in [3.63, 3.8) is 0 Å².